The Labute approximate surface area is 223 Å². The number of aryl methyl sites for hydroxylation is 2. The minimum atomic E-state index is -4.42. The van der Waals surface area contributed by atoms with Gasteiger partial charge in [-0.05, 0) is 67.3 Å². The Morgan fingerprint density at radius 2 is 1.56 bits per heavy atom. The molecular weight excluding hydrogens is 507 g/mol. The number of benzene rings is 3. The maximum Gasteiger partial charge on any atom is 0.416 e. The molecule has 8 heteroatoms. The van der Waals surface area contributed by atoms with Gasteiger partial charge < -0.3 is 14.7 Å². The average molecular weight is 536 g/mol. The summed E-state index contributed by atoms with van der Waals surface area (Å²) in [4.78, 5) is 11.6. The van der Waals surface area contributed by atoms with E-state index in [2.05, 4.69) is 5.16 Å². The first-order valence-electron chi connectivity index (χ1n) is 12.8. The monoisotopic (exact) mass is 535 g/mol. The van der Waals surface area contributed by atoms with Crippen LogP contribution in [0.2, 0.25) is 0 Å². The van der Waals surface area contributed by atoms with Crippen molar-refractivity contribution in [2.45, 2.75) is 56.7 Å². The van der Waals surface area contributed by atoms with Crippen LogP contribution < -0.4 is 0 Å². The van der Waals surface area contributed by atoms with E-state index in [1.807, 2.05) is 48.5 Å². The Morgan fingerprint density at radius 1 is 0.974 bits per heavy atom. The molecule has 0 saturated heterocycles. The Balaban J connectivity index is 1.28. The van der Waals surface area contributed by atoms with Crippen molar-refractivity contribution < 1.29 is 32.7 Å². The number of aliphatic carboxylic acids is 1. The van der Waals surface area contributed by atoms with Crippen molar-refractivity contribution in [2.24, 2.45) is 0 Å². The van der Waals surface area contributed by atoms with Crippen molar-refractivity contribution in [3.05, 3.63) is 101 Å². The molecule has 0 spiro atoms. The molecular formula is C31H28F3NO4. The summed E-state index contributed by atoms with van der Waals surface area (Å²) >= 11 is 0. The molecule has 1 aliphatic carbocycles. The van der Waals surface area contributed by atoms with Gasteiger partial charge in [-0.1, -0.05) is 71.9 Å². The number of carboxylic acid groups (broad SMARTS) is 1. The summed E-state index contributed by atoms with van der Waals surface area (Å²) in [5.41, 5.74) is 3.28. The van der Waals surface area contributed by atoms with Crippen molar-refractivity contribution >= 4 is 5.97 Å². The van der Waals surface area contributed by atoms with Crippen molar-refractivity contribution in [3.63, 3.8) is 0 Å². The number of halogens is 3. The van der Waals surface area contributed by atoms with Gasteiger partial charge in [-0.15, -0.1) is 0 Å². The highest BCUT2D eigenvalue weighted by Crippen LogP contribution is 2.48. The molecule has 0 radical (unpaired) electrons. The predicted octanol–water partition coefficient (Wildman–Crippen LogP) is 7.51. The molecule has 5 nitrogen and oxygen atoms in total. The van der Waals surface area contributed by atoms with Gasteiger partial charge in [-0.3, -0.25) is 4.79 Å². The second-order valence-electron chi connectivity index (χ2n) is 10.1. The molecule has 1 aliphatic rings. The zero-order valence-corrected chi connectivity index (χ0v) is 21.3. The van der Waals surface area contributed by atoms with E-state index in [0.717, 1.165) is 28.3 Å². The van der Waals surface area contributed by atoms with E-state index in [4.69, 9.17) is 4.52 Å². The highest BCUT2D eigenvalue weighted by atomic mass is 19.4. The molecule has 0 aliphatic heterocycles. The Bertz CT molecular complexity index is 1470. The number of carboxylic acids is 1. The first kappa shape index (κ1) is 26.7. The number of aliphatic hydroxyl groups excluding tert-OH is 1. The van der Waals surface area contributed by atoms with E-state index in [0.29, 0.717) is 36.3 Å². The summed E-state index contributed by atoms with van der Waals surface area (Å²) in [6, 6.07) is 20.6. The molecule has 3 aromatic carbocycles. The smallest absolute Gasteiger partial charge is 0.416 e. The van der Waals surface area contributed by atoms with E-state index >= 15 is 0 Å². The minimum absolute atomic E-state index is 0.188. The lowest BCUT2D eigenvalue weighted by Crippen LogP contribution is -2.19. The molecule has 1 fully saturated rings. The van der Waals surface area contributed by atoms with Crippen LogP contribution in [0.5, 0.6) is 0 Å². The molecule has 1 saturated carbocycles. The maximum absolute atomic E-state index is 13.3. The standard InChI is InChI=1S/C31H28F3NO4/c1-19-27(26(36)8-4-6-22-5-2-3-7-25(22)31(32,33)34)28(39-35-19)23-11-9-20(10-12-23)21-13-15-24(16-14-21)30(17-18-30)29(37)38/h2-3,5,7,9-16,26,36H,4,6,8,17-18H2,1H3,(H,37,38). The third-order valence-electron chi connectivity index (χ3n) is 7.57. The lowest BCUT2D eigenvalue weighted by atomic mass is 9.93. The van der Waals surface area contributed by atoms with E-state index in [-0.39, 0.29) is 18.4 Å². The maximum atomic E-state index is 13.3. The number of alkyl halides is 3. The second kappa shape index (κ2) is 10.3. The Morgan fingerprint density at radius 3 is 2.15 bits per heavy atom. The zero-order chi connectivity index (χ0) is 27.8. The highest BCUT2D eigenvalue weighted by molar-refractivity contribution is 5.85. The fraction of sp³-hybridized carbons (Fsp3) is 0.290. The Hall–Kier alpha value is -3.91. The lowest BCUT2D eigenvalue weighted by Gasteiger charge is -2.14. The molecule has 1 aromatic heterocycles. The molecule has 0 amide bonds. The van der Waals surface area contributed by atoms with Crippen molar-refractivity contribution in [1.82, 2.24) is 5.16 Å². The number of aliphatic hydroxyl groups is 1. The van der Waals surface area contributed by atoms with Gasteiger partial charge in [0.25, 0.3) is 0 Å². The first-order valence-corrected chi connectivity index (χ1v) is 12.8. The second-order valence-corrected chi connectivity index (χ2v) is 10.1. The molecule has 1 unspecified atom stereocenters. The lowest BCUT2D eigenvalue weighted by molar-refractivity contribution is -0.140. The van der Waals surface area contributed by atoms with Gasteiger partial charge in [0, 0.05) is 5.56 Å². The SMILES string of the molecule is Cc1noc(-c2ccc(-c3ccc(C4(C(=O)O)CC4)cc3)cc2)c1C(O)CCCc1ccccc1C(F)(F)F. The van der Waals surface area contributed by atoms with Gasteiger partial charge in [0.1, 0.15) is 0 Å². The van der Waals surface area contributed by atoms with Gasteiger partial charge in [-0.2, -0.15) is 13.2 Å². The predicted molar refractivity (Wildman–Crippen MR) is 140 cm³/mol. The molecule has 39 heavy (non-hydrogen) atoms. The van der Waals surface area contributed by atoms with E-state index in [1.165, 1.54) is 12.1 Å². The summed E-state index contributed by atoms with van der Waals surface area (Å²) in [5.74, 6) is -0.360. The topological polar surface area (TPSA) is 83.6 Å². The third-order valence-corrected chi connectivity index (χ3v) is 7.57. The van der Waals surface area contributed by atoms with Crippen LogP contribution in [0.1, 0.15) is 59.7 Å². The van der Waals surface area contributed by atoms with E-state index in [9.17, 15) is 28.2 Å². The number of rotatable bonds is 9. The number of hydrogen-bond acceptors (Lipinski definition) is 4. The average Bonchev–Trinajstić information content (AvgIpc) is 3.65. The molecule has 2 N–H and O–H groups in total. The fourth-order valence-corrected chi connectivity index (χ4v) is 5.17. The van der Waals surface area contributed by atoms with Crippen LogP contribution in [0, 0.1) is 6.92 Å². The summed E-state index contributed by atoms with van der Waals surface area (Å²) < 4.78 is 45.4. The van der Waals surface area contributed by atoms with E-state index < -0.39 is 29.2 Å². The van der Waals surface area contributed by atoms with Crippen LogP contribution >= 0.6 is 0 Å². The van der Waals surface area contributed by atoms with Gasteiger partial charge in [-0.25, -0.2) is 0 Å². The van der Waals surface area contributed by atoms with Gasteiger partial charge >= 0.3 is 12.1 Å². The van der Waals surface area contributed by atoms with Crippen molar-refractivity contribution in [2.75, 3.05) is 0 Å². The molecule has 202 valence electrons. The number of aromatic nitrogens is 1. The molecule has 0 bridgehead atoms. The fourth-order valence-electron chi connectivity index (χ4n) is 5.17. The number of hydrogen-bond donors (Lipinski definition) is 2. The molecule has 1 heterocycles. The Kier molecular flexibility index (Phi) is 7.07. The molecule has 5 rings (SSSR count). The summed E-state index contributed by atoms with van der Waals surface area (Å²) in [7, 11) is 0. The van der Waals surface area contributed by atoms with Crippen LogP contribution in [-0.4, -0.2) is 21.3 Å². The minimum Gasteiger partial charge on any atom is -0.481 e. The van der Waals surface area contributed by atoms with Crippen LogP contribution in [0.15, 0.2) is 77.3 Å². The first-order chi connectivity index (χ1) is 18.6. The van der Waals surface area contributed by atoms with Crippen molar-refractivity contribution in [1.29, 1.82) is 0 Å². The quantitative estimate of drug-likeness (QED) is 0.232. The van der Waals surface area contributed by atoms with Gasteiger partial charge in [0.05, 0.1) is 28.3 Å². The molecule has 4 aromatic rings. The van der Waals surface area contributed by atoms with Gasteiger partial charge in [0.2, 0.25) is 0 Å². The summed E-state index contributed by atoms with van der Waals surface area (Å²) in [5, 5.41) is 24.5. The van der Waals surface area contributed by atoms with Crippen molar-refractivity contribution in [3.8, 4) is 22.5 Å². The highest BCUT2D eigenvalue weighted by Gasteiger charge is 2.51. The zero-order valence-electron chi connectivity index (χ0n) is 21.3. The van der Waals surface area contributed by atoms with Crippen LogP contribution in [0.3, 0.4) is 0 Å². The number of carbonyl (C=O) groups is 1. The summed E-state index contributed by atoms with van der Waals surface area (Å²) in [6.45, 7) is 1.73. The van der Waals surface area contributed by atoms with Crippen LogP contribution in [0.4, 0.5) is 13.2 Å². The van der Waals surface area contributed by atoms with Crippen LogP contribution in [0.25, 0.3) is 22.5 Å². The largest absolute Gasteiger partial charge is 0.481 e. The number of nitrogens with zero attached hydrogens (tertiary/aromatic N) is 1. The van der Waals surface area contributed by atoms with Gasteiger partial charge in [0.15, 0.2) is 5.76 Å². The third kappa shape index (κ3) is 5.34. The summed E-state index contributed by atoms with van der Waals surface area (Å²) in [6.07, 6.45) is -3.25. The van der Waals surface area contributed by atoms with Crippen LogP contribution in [-0.2, 0) is 22.8 Å². The van der Waals surface area contributed by atoms with E-state index in [1.54, 1.807) is 13.0 Å². The normalized spacial score (nSPS) is 15.2. The molecule has 1 atom stereocenters.